The third-order valence-electron chi connectivity index (χ3n) is 20.9. The molecule has 16 aromatic carbocycles. The number of benzene rings is 16. The minimum Gasteiger partial charge on any atom is -0.247 e. The van der Waals surface area contributed by atoms with Crippen molar-refractivity contribution in [3.8, 4) is 157 Å². The molecular weight excluding hydrogens is 1360 g/mol. The zero-order chi connectivity index (χ0) is 74.5. The van der Waals surface area contributed by atoms with E-state index in [1.165, 1.54) is 33.0 Å². The summed E-state index contributed by atoms with van der Waals surface area (Å²) < 4.78 is 0. The van der Waals surface area contributed by atoms with Gasteiger partial charge in [0.05, 0.1) is 33.8 Å². The first kappa shape index (κ1) is 67.5. The molecule has 7 heteroatoms. The Morgan fingerprint density at radius 3 is 0.705 bits per heavy atom. The van der Waals surface area contributed by atoms with Gasteiger partial charge in [-0.15, -0.1) is 0 Å². The van der Waals surface area contributed by atoms with Crippen LogP contribution in [0.1, 0.15) is 0 Å². The van der Waals surface area contributed by atoms with E-state index in [-0.39, 0.29) is 0 Å². The molecule has 112 heavy (non-hydrogen) atoms. The number of aromatic nitrogens is 7. The summed E-state index contributed by atoms with van der Waals surface area (Å²) in [6.45, 7) is 0. The number of fused-ring (bicyclic) bond motifs is 6. The summed E-state index contributed by atoms with van der Waals surface area (Å²) in [7, 11) is 0. The van der Waals surface area contributed by atoms with E-state index < -0.39 is 0 Å². The quantitative estimate of drug-likeness (QED) is 0.100. The smallest absolute Gasteiger partial charge is 0.164 e. The summed E-state index contributed by atoms with van der Waals surface area (Å²) in [5.41, 5.74) is 27.8. The van der Waals surface area contributed by atoms with Crippen molar-refractivity contribution in [1.82, 2.24) is 34.9 Å². The van der Waals surface area contributed by atoms with E-state index in [1.54, 1.807) is 0 Å². The first-order chi connectivity index (χ1) is 55.5. The maximum atomic E-state index is 5.33. The van der Waals surface area contributed by atoms with Gasteiger partial charge >= 0.3 is 0 Å². The average Bonchev–Trinajstić information content (AvgIpc) is 0.745. The molecule has 0 spiro atoms. The molecule has 0 fully saturated rings. The normalized spacial score (nSPS) is 11.2. The Bertz CT molecular complexity index is 6230. The van der Waals surface area contributed by atoms with E-state index in [4.69, 9.17) is 34.9 Å². The molecule has 20 aromatic rings. The lowest BCUT2D eigenvalue weighted by molar-refractivity contribution is 1.07. The first-order valence-corrected chi connectivity index (χ1v) is 37.7. The second kappa shape index (κ2) is 30.3. The van der Waals surface area contributed by atoms with Gasteiger partial charge in [0.2, 0.25) is 0 Å². The van der Waals surface area contributed by atoms with Crippen LogP contribution in [0.25, 0.3) is 201 Å². The van der Waals surface area contributed by atoms with E-state index in [9.17, 15) is 0 Å². The number of rotatable bonds is 14. The summed E-state index contributed by atoms with van der Waals surface area (Å²) in [5, 5.41) is 7.04. The Morgan fingerprint density at radius 2 is 0.375 bits per heavy atom. The van der Waals surface area contributed by atoms with Crippen molar-refractivity contribution in [2.75, 3.05) is 0 Å². The molecule has 0 aliphatic rings. The fourth-order valence-corrected chi connectivity index (χ4v) is 15.2. The summed E-state index contributed by atoms with van der Waals surface area (Å²) in [4.78, 5) is 35.2. The summed E-state index contributed by atoms with van der Waals surface area (Å²) in [6.07, 6.45) is 0. The average molecular weight is 1430 g/mol. The molecular formula is C105H69N7. The Kier molecular flexibility index (Phi) is 18.3. The van der Waals surface area contributed by atoms with Crippen LogP contribution >= 0.6 is 0 Å². The number of hydrogen-bond donors (Lipinski definition) is 0. The summed E-state index contributed by atoms with van der Waals surface area (Å²) in [5.74, 6) is 2.66. The van der Waals surface area contributed by atoms with Gasteiger partial charge in [-0.25, -0.2) is 34.9 Å². The largest absolute Gasteiger partial charge is 0.247 e. The molecule has 524 valence electrons. The molecule has 7 nitrogen and oxygen atoms in total. The van der Waals surface area contributed by atoms with Gasteiger partial charge in [-0.1, -0.05) is 400 Å². The Morgan fingerprint density at radius 1 is 0.134 bits per heavy atom. The van der Waals surface area contributed by atoms with Crippen molar-refractivity contribution >= 4 is 43.4 Å². The third-order valence-corrected chi connectivity index (χ3v) is 20.9. The SMILES string of the molecule is c1ccc(-c2cc(-c3ccc(-c4ccc(-c5ccc6c(c5)nc(-c5ccccc5)c5cccc(-c7ccccc7)c56)cc4)cc3)nc(-c3ccccc3)n2)cc1.c1ccc(-c2nc(-c3ccccc3)nc(-c3ccc(-c4ccc(-c5ccc6c(c5)nc(-c5ccccc5)c5cccc(-c7ccccc7)c56)cc4)cc3)n2)cc1. The lowest BCUT2D eigenvalue weighted by Crippen LogP contribution is -2.00. The van der Waals surface area contributed by atoms with Crippen molar-refractivity contribution in [2.45, 2.75) is 0 Å². The van der Waals surface area contributed by atoms with Crippen molar-refractivity contribution in [1.29, 1.82) is 0 Å². The first-order valence-electron chi connectivity index (χ1n) is 37.7. The van der Waals surface area contributed by atoms with Crippen molar-refractivity contribution in [2.24, 2.45) is 0 Å². The van der Waals surface area contributed by atoms with E-state index >= 15 is 0 Å². The molecule has 20 rings (SSSR count). The van der Waals surface area contributed by atoms with Gasteiger partial charge in [0.25, 0.3) is 0 Å². The monoisotopic (exact) mass is 1430 g/mol. The predicted octanol–water partition coefficient (Wildman–Crippen LogP) is 27.1. The van der Waals surface area contributed by atoms with Crippen LogP contribution in [-0.2, 0) is 0 Å². The van der Waals surface area contributed by atoms with Crippen LogP contribution in [0.4, 0.5) is 0 Å². The maximum Gasteiger partial charge on any atom is 0.164 e. The van der Waals surface area contributed by atoms with Crippen LogP contribution in [0.2, 0.25) is 0 Å². The Labute approximate surface area is 650 Å². The molecule has 0 aliphatic carbocycles. The number of pyridine rings is 2. The van der Waals surface area contributed by atoms with E-state index in [0.29, 0.717) is 23.3 Å². The van der Waals surface area contributed by atoms with Gasteiger partial charge in [0.15, 0.2) is 23.3 Å². The molecule has 0 bridgehead atoms. The molecule has 0 saturated carbocycles. The number of hydrogen-bond acceptors (Lipinski definition) is 7. The van der Waals surface area contributed by atoms with Gasteiger partial charge in [-0.3, -0.25) is 0 Å². The fourth-order valence-electron chi connectivity index (χ4n) is 15.2. The molecule has 0 amide bonds. The second-order valence-corrected chi connectivity index (χ2v) is 27.8. The molecule has 0 saturated heterocycles. The van der Waals surface area contributed by atoms with Crippen LogP contribution in [0.3, 0.4) is 0 Å². The maximum absolute atomic E-state index is 5.33. The highest BCUT2D eigenvalue weighted by Crippen LogP contribution is 2.43. The second-order valence-electron chi connectivity index (χ2n) is 27.8. The van der Waals surface area contributed by atoms with Gasteiger partial charge in [-0.2, -0.15) is 0 Å². The Balaban J connectivity index is 0.000000151. The topological polar surface area (TPSA) is 90.2 Å². The minimum atomic E-state index is 0.642. The van der Waals surface area contributed by atoms with Crippen LogP contribution in [0, 0.1) is 0 Å². The van der Waals surface area contributed by atoms with E-state index in [2.05, 4.69) is 322 Å². The van der Waals surface area contributed by atoms with Gasteiger partial charge in [0.1, 0.15) is 0 Å². The van der Waals surface area contributed by atoms with Crippen LogP contribution in [0.5, 0.6) is 0 Å². The highest BCUT2D eigenvalue weighted by Gasteiger charge is 2.20. The standard InChI is InChI=1S/C53H35N3.C52H34N4/c1-5-14-39(15-6-1)45-22-13-23-47-51(45)46-33-32-44(34-50(46)54-52(47)42-18-9-3-10-19-42)38-26-24-36(25-27-38)37-28-30-41(31-29-37)49-35-48(40-16-7-2-8-17-40)55-53(56-49)43-20-11-4-12-21-43;1-5-14-38(15-6-1)44-22-13-23-46-48(44)45-33-32-43(34-47(45)53-49(46)39-16-7-2-8-17-39)37-26-24-35(25-27-37)36-28-30-42(31-29-36)52-55-50(40-18-9-3-10-19-40)54-51(56-52)41-20-11-4-12-21-41/h1-35H;1-34H. The molecule has 4 heterocycles. The molecule has 0 atom stereocenters. The fraction of sp³-hybridized carbons (Fsp3) is 0. The van der Waals surface area contributed by atoms with Gasteiger partial charge in [0, 0.05) is 76.8 Å². The molecule has 0 unspecified atom stereocenters. The van der Waals surface area contributed by atoms with E-state index in [0.717, 1.165) is 144 Å². The summed E-state index contributed by atoms with van der Waals surface area (Å²) >= 11 is 0. The van der Waals surface area contributed by atoms with Crippen molar-refractivity contribution in [3.05, 3.63) is 419 Å². The highest BCUT2D eigenvalue weighted by atomic mass is 15.0. The lowest BCUT2D eigenvalue weighted by atomic mass is 9.92. The predicted molar refractivity (Wildman–Crippen MR) is 464 cm³/mol. The minimum absolute atomic E-state index is 0.642. The van der Waals surface area contributed by atoms with Crippen molar-refractivity contribution < 1.29 is 0 Å². The van der Waals surface area contributed by atoms with Crippen LogP contribution in [-0.4, -0.2) is 34.9 Å². The molecule has 0 radical (unpaired) electrons. The zero-order valence-electron chi connectivity index (χ0n) is 61.0. The van der Waals surface area contributed by atoms with Crippen LogP contribution < -0.4 is 0 Å². The Hall–Kier alpha value is -15.1. The van der Waals surface area contributed by atoms with E-state index in [1.807, 2.05) is 97.1 Å². The van der Waals surface area contributed by atoms with Gasteiger partial charge in [-0.05, 0) is 85.0 Å². The summed E-state index contributed by atoms with van der Waals surface area (Å²) in [6, 6.07) is 146. The highest BCUT2D eigenvalue weighted by molar-refractivity contribution is 6.19. The number of nitrogens with zero attached hydrogens (tertiary/aromatic N) is 7. The molecule has 0 N–H and O–H groups in total. The zero-order valence-corrected chi connectivity index (χ0v) is 61.0. The lowest BCUT2D eigenvalue weighted by Gasteiger charge is -2.15. The van der Waals surface area contributed by atoms with Crippen LogP contribution in [0.15, 0.2) is 419 Å². The third kappa shape index (κ3) is 13.7. The van der Waals surface area contributed by atoms with Gasteiger partial charge < -0.3 is 0 Å². The molecule has 0 aliphatic heterocycles. The van der Waals surface area contributed by atoms with Crippen molar-refractivity contribution in [3.63, 3.8) is 0 Å². The molecule has 4 aromatic heterocycles.